The van der Waals surface area contributed by atoms with Gasteiger partial charge in [0.25, 0.3) is 5.91 Å². The van der Waals surface area contributed by atoms with E-state index in [1.54, 1.807) is 23.9 Å². The second-order valence-corrected chi connectivity index (χ2v) is 5.45. The largest absolute Gasteiger partial charge is 0.480 e. The van der Waals surface area contributed by atoms with Gasteiger partial charge in [-0.3, -0.25) is 9.59 Å². The van der Waals surface area contributed by atoms with Crippen molar-refractivity contribution < 1.29 is 14.7 Å². The Kier molecular flexibility index (Phi) is 4.44. The number of carboxylic acids is 1. The summed E-state index contributed by atoms with van der Waals surface area (Å²) < 4.78 is 1.80. The summed E-state index contributed by atoms with van der Waals surface area (Å²) in [6.07, 6.45) is 2.52. The maximum Gasteiger partial charge on any atom is 0.323 e. The van der Waals surface area contributed by atoms with E-state index >= 15 is 0 Å². The monoisotopic (exact) mass is 304 g/mol. The highest BCUT2D eigenvalue weighted by Crippen LogP contribution is 2.23. The number of aliphatic carboxylic acids is 1. The summed E-state index contributed by atoms with van der Waals surface area (Å²) in [5.41, 5.74) is 1.78. The molecule has 1 atom stereocenters. The zero-order chi connectivity index (χ0) is 16.4. The molecule has 0 saturated heterocycles. The normalized spacial score (nSPS) is 12.4. The average molecular weight is 304 g/mol. The number of carbonyl (C=O) groups is 2. The maximum absolute atomic E-state index is 12.5. The first-order valence-corrected chi connectivity index (χ1v) is 7.17. The van der Waals surface area contributed by atoms with Crippen LogP contribution in [-0.2, 0) is 4.79 Å². The van der Waals surface area contributed by atoms with Gasteiger partial charge < -0.3 is 10.0 Å². The first-order chi connectivity index (χ1) is 10.3. The lowest BCUT2D eigenvalue weighted by molar-refractivity contribution is -0.137. The van der Waals surface area contributed by atoms with Gasteiger partial charge in [-0.15, -0.1) is 0 Å². The topological polar surface area (TPSA) is 88.3 Å². The van der Waals surface area contributed by atoms with Crippen LogP contribution >= 0.6 is 0 Å². The Hall–Kier alpha value is -2.44. The molecule has 0 aliphatic rings. The molecule has 0 fully saturated rings. The van der Waals surface area contributed by atoms with Crippen molar-refractivity contribution in [3.8, 4) is 0 Å². The van der Waals surface area contributed by atoms with Crippen LogP contribution in [0.1, 0.15) is 42.4 Å². The summed E-state index contributed by atoms with van der Waals surface area (Å²) in [6, 6.07) is 1.84. The van der Waals surface area contributed by atoms with Gasteiger partial charge in [0, 0.05) is 12.7 Å². The molecule has 0 aliphatic heterocycles. The lowest BCUT2D eigenvalue weighted by atomic mass is 10.1. The van der Waals surface area contributed by atoms with E-state index < -0.39 is 5.97 Å². The van der Waals surface area contributed by atoms with Crippen LogP contribution in [0, 0.1) is 6.92 Å². The van der Waals surface area contributed by atoms with E-state index in [0.717, 1.165) is 6.42 Å². The minimum absolute atomic E-state index is 0.173. The third-order valence-electron chi connectivity index (χ3n) is 3.65. The molecule has 1 N–H and O–H groups in total. The van der Waals surface area contributed by atoms with E-state index in [1.165, 1.54) is 11.9 Å². The highest BCUT2D eigenvalue weighted by atomic mass is 16.4. The van der Waals surface area contributed by atoms with Crippen LogP contribution in [0.4, 0.5) is 0 Å². The van der Waals surface area contributed by atoms with Crippen LogP contribution in [0.15, 0.2) is 12.3 Å². The standard InChI is InChI=1S/C15H20N4O3/c1-5-10(3)19-14-12(7-16-19)11(6-9(2)17-14)15(22)18(4)8-13(20)21/h6-7,10H,5,8H2,1-4H3,(H,20,21). The second kappa shape index (κ2) is 6.13. The Labute approximate surface area is 128 Å². The summed E-state index contributed by atoms with van der Waals surface area (Å²) in [5, 5.41) is 13.8. The molecule has 2 rings (SSSR count). The molecule has 22 heavy (non-hydrogen) atoms. The number of rotatable bonds is 5. The second-order valence-electron chi connectivity index (χ2n) is 5.45. The fourth-order valence-corrected chi connectivity index (χ4v) is 2.30. The number of carbonyl (C=O) groups excluding carboxylic acids is 1. The van der Waals surface area contributed by atoms with Crippen LogP contribution in [-0.4, -0.2) is 50.2 Å². The molecular weight excluding hydrogens is 284 g/mol. The molecule has 0 aromatic carbocycles. The summed E-state index contributed by atoms with van der Waals surface area (Å²) in [6.45, 7) is 5.55. The predicted octanol–water partition coefficient (Wildman–Crippen LogP) is 1.87. The summed E-state index contributed by atoms with van der Waals surface area (Å²) in [4.78, 5) is 28.9. The Morgan fingerprint density at radius 2 is 2.14 bits per heavy atom. The first-order valence-electron chi connectivity index (χ1n) is 7.17. The van der Waals surface area contributed by atoms with Gasteiger partial charge in [0.15, 0.2) is 5.65 Å². The Morgan fingerprint density at radius 3 is 2.73 bits per heavy atom. The van der Waals surface area contributed by atoms with Gasteiger partial charge >= 0.3 is 5.97 Å². The van der Waals surface area contributed by atoms with Crippen molar-refractivity contribution in [3.05, 3.63) is 23.5 Å². The quantitative estimate of drug-likeness (QED) is 0.911. The number of hydrogen-bond donors (Lipinski definition) is 1. The number of pyridine rings is 1. The van der Waals surface area contributed by atoms with Crippen LogP contribution in [0.3, 0.4) is 0 Å². The van der Waals surface area contributed by atoms with Gasteiger partial charge in [0.1, 0.15) is 6.54 Å². The summed E-state index contributed by atoms with van der Waals surface area (Å²) in [7, 11) is 1.47. The summed E-state index contributed by atoms with van der Waals surface area (Å²) in [5.74, 6) is -1.39. The smallest absolute Gasteiger partial charge is 0.323 e. The van der Waals surface area contributed by atoms with Crippen molar-refractivity contribution in [1.29, 1.82) is 0 Å². The van der Waals surface area contributed by atoms with Crippen molar-refractivity contribution in [2.75, 3.05) is 13.6 Å². The van der Waals surface area contributed by atoms with Gasteiger partial charge in [-0.05, 0) is 26.3 Å². The molecule has 118 valence electrons. The molecule has 0 bridgehead atoms. The first kappa shape index (κ1) is 15.9. The molecule has 1 unspecified atom stereocenters. The van der Waals surface area contributed by atoms with E-state index in [4.69, 9.17) is 5.11 Å². The van der Waals surface area contributed by atoms with Gasteiger partial charge in [0.2, 0.25) is 0 Å². The maximum atomic E-state index is 12.5. The molecular formula is C15H20N4O3. The zero-order valence-electron chi connectivity index (χ0n) is 13.2. The lowest BCUT2D eigenvalue weighted by Gasteiger charge is -2.16. The highest BCUT2D eigenvalue weighted by molar-refractivity contribution is 6.06. The molecule has 0 aliphatic carbocycles. The molecule has 0 radical (unpaired) electrons. The third kappa shape index (κ3) is 2.93. The SMILES string of the molecule is CCC(C)n1ncc2c(C(=O)N(C)CC(=O)O)cc(C)nc21. The highest BCUT2D eigenvalue weighted by Gasteiger charge is 2.21. The molecule has 7 heteroatoms. The number of hydrogen-bond acceptors (Lipinski definition) is 4. The number of carboxylic acid groups (broad SMARTS) is 1. The van der Waals surface area contributed by atoms with Crippen LogP contribution in [0.2, 0.25) is 0 Å². The van der Waals surface area contributed by atoms with Crippen LogP contribution < -0.4 is 0 Å². The number of fused-ring (bicyclic) bond motifs is 1. The van der Waals surface area contributed by atoms with E-state index in [0.29, 0.717) is 22.3 Å². The van der Waals surface area contributed by atoms with Crippen molar-refractivity contribution in [1.82, 2.24) is 19.7 Å². The molecule has 0 spiro atoms. The predicted molar refractivity (Wildman–Crippen MR) is 81.9 cm³/mol. The number of likely N-dealkylation sites (N-methyl/N-ethyl adjacent to an activating group) is 1. The van der Waals surface area contributed by atoms with Crippen molar-refractivity contribution >= 4 is 22.9 Å². The molecule has 2 heterocycles. The molecule has 0 saturated carbocycles. The Bertz CT molecular complexity index is 723. The van der Waals surface area contributed by atoms with Crippen LogP contribution in [0.5, 0.6) is 0 Å². The van der Waals surface area contributed by atoms with Gasteiger partial charge in [-0.1, -0.05) is 6.92 Å². The van der Waals surface area contributed by atoms with Gasteiger partial charge in [-0.2, -0.15) is 5.10 Å². The molecule has 7 nitrogen and oxygen atoms in total. The van der Waals surface area contributed by atoms with Gasteiger partial charge in [-0.25, -0.2) is 9.67 Å². The zero-order valence-corrected chi connectivity index (χ0v) is 13.2. The fraction of sp³-hybridized carbons (Fsp3) is 0.467. The van der Waals surface area contributed by atoms with E-state index in [1.807, 2.05) is 6.92 Å². The third-order valence-corrected chi connectivity index (χ3v) is 3.65. The minimum atomic E-state index is -1.05. The van der Waals surface area contributed by atoms with Crippen LogP contribution in [0.25, 0.3) is 11.0 Å². The van der Waals surface area contributed by atoms with Crippen molar-refractivity contribution in [2.24, 2.45) is 0 Å². The molecule has 2 aromatic rings. The fourth-order valence-electron chi connectivity index (χ4n) is 2.30. The molecule has 2 aromatic heterocycles. The van der Waals surface area contributed by atoms with E-state index in [2.05, 4.69) is 17.0 Å². The minimum Gasteiger partial charge on any atom is -0.480 e. The lowest BCUT2D eigenvalue weighted by Crippen LogP contribution is -2.32. The molecule has 1 amide bonds. The van der Waals surface area contributed by atoms with E-state index in [-0.39, 0.29) is 18.5 Å². The van der Waals surface area contributed by atoms with Crippen molar-refractivity contribution in [3.63, 3.8) is 0 Å². The van der Waals surface area contributed by atoms with Crippen molar-refractivity contribution in [2.45, 2.75) is 33.2 Å². The van der Waals surface area contributed by atoms with E-state index in [9.17, 15) is 9.59 Å². The van der Waals surface area contributed by atoms with Gasteiger partial charge in [0.05, 0.1) is 23.2 Å². The average Bonchev–Trinajstić information content (AvgIpc) is 2.87. The Morgan fingerprint density at radius 1 is 1.45 bits per heavy atom. The number of nitrogens with zero attached hydrogens (tertiary/aromatic N) is 4. The number of aryl methyl sites for hydroxylation is 1. The summed E-state index contributed by atoms with van der Waals surface area (Å²) >= 11 is 0. The Balaban J connectivity index is 2.53. The number of aromatic nitrogens is 3. The number of amides is 1.